The molecule has 1 saturated carbocycles. The number of hydrogen-bond acceptors (Lipinski definition) is 6. The van der Waals surface area contributed by atoms with Crippen molar-refractivity contribution in [2.24, 2.45) is 7.05 Å². The van der Waals surface area contributed by atoms with Crippen LogP contribution in [0.3, 0.4) is 0 Å². The summed E-state index contributed by atoms with van der Waals surface area (Å²) >= 11 is 1.68. The van der Waals surface area contributed by atoms with Crippen LogP contribution in [0.1, 0.15) is 32.6 Å². The summed E-state index contributed by atoms with van der Waals surface area (Å²) in [4.78, 5) is 0. The Labute approximate surface area is 111 Å². The van der Waals surface area contributed by atoms with E-state index < -0.39 is 0 Å². The van der Waals surface area contributed by atoms with E-state index in [0.29, 0.717) is 5.25 Å². The van der Waals surface area contributed by atoms with E-state index in [1.807, 2.05) is 14.0 Å². The largest absolute Gasteiger partial charge is 0.300 e. The van der Waals surface area contributed by atoms with Crippen molar-refractivity contribution in [1.82, 2.24) is 25.5 Å². The number of aryl methyl sites for hydroxylation is 1. The SMILES string of the molecule is CCNC1(C#N)CCCC(Sc2nnnn2C)C1. The first-order chi connectivity index (χ1) is 8.69. The van der Waals surface area contributed by atoms with E-state index in [1.54, 1.807) is 16.4 Å². The quantitative estimate of drug-likeness (QED) is 0.879. The van der Waals surface area contributed by atoms with Gasteiger partial charge in [0, 0.05) is 12.3 Å². The van der Waals surface area contributed by atoms with Gasteiger partial charge in [0.1, 0.15) is 5.54 Å². The van der Waals surface area contributed by atoms with E-state index in [0.717, 1.165) is 37.4 Å². The third-order valence-electron chi connectivity index (χ3n) is 3.29. The molecule has 0 aromatic carbocycles. The molecular weight excluding hydrogens is 248 g/mol. The van der Waals surface area contributed by atoms with Crippen molar-refractivity contribution in [3.8, 4) is 6.07 Å². The predicted octanol–water partition coefficient (Wildman–Crippen LogP) is 1.12. The second kappa shape index (κ2) is 5.67. The Kier molecular flexibility index (Phi) is 4.19. The zero-order chi connectivity index (χ0) is 13.0. The second-order valence-electron chi connectivity index (χ2n) is 4.65. The van der Waals surface area contributed by atoms with Crippen LogP contribution < -0.4 is 5.32 Å². The van der Waals surface area contributed by atoms with Crippen LogP contribution in [0.25, 0.3) is 0 Å². The number of tetrazole rings is 1. The highest BCUT2D eigenvalue weighted by Gasteiger charge is 2.36. The number of nitrogens with one attached hydrogen (secondary N) is 1. The topological polar surface area (TPSA) is 79.4 Å². The van der Waals surface area contributed by atoms with Crippen LogP contribution in [0.15, 0.2) is 5.16 Å². The lowest BCUT2D eigenvalue weighted by Crippen LogP contribution is -2.48. The smallest absolute Gasteiger partial charge is 0.209 e. The third-order valence-corrected chi connectivity index (χ3v) is 4.58. The van der Waals surface area contributed by atoms with Crippen molar-refractivity contribution in [3.63, 3.8) is 0 Å². The molecule has 1 aliphatic carbocycles. The molecule has 0 aliphatic heterocycles. The van der Waals surface area contributed by atoms with E-state index in [4.69, 9.17) is 0 Å². The summed E-state index contributed by atoms with van der Waals surface area (Å²) in [7, 11) is 1.84. The maximum atomic E-state index is 9.40. The van der Waals surface area contributed by atoms with Gasteiger partial charge in [-0.15, -0.1) is 5.10 Å². The van der Waals surface area contributed by atoms with Gasteiger partial charge in [-0.25, -0.2) is 4.68 Å². The number of hydrogen-bond donors (Lipinski definition) is 1. The van der Waals surface area contributed by atoms with Gasteiger partial charge in [-0.3, -0.25) is 5.32 Å². The molecule has 1 aliphatic rings. The molecular formula is C11H18N6S. The maximum absolute atomic E-state index is 9.40. The first-order valence-corrected chi connectivity index (χ1v) is 7.12. The zero-order valence-electron chi connectivity index (χ0n) is 10.8. The first-order valence-electron chi connectivity index (χ1n) is 6.24. The van der Waals surface area contributed by atoms with Crippen LogP contribution in [0.5, 0.6) is 0 Å². The number of rotatable bonds is 4. The fourth-order valence-electron chi connectivity index (χ4n) is 2.44. The van der Waals surface area contributed by atoms with Gasteiger partial charge in [-0.05, 0) is 42.7 Å². The molecule has 0 radical (unpaired) electrons. The van der Waals surface area contributed by atoms with E-state index in [9.17, 15) is 5.26 Å². The van der Waals surface area contributed by atoms with Gasteiger partial charge >= 0.3 is 0 Å². The predicted molar refractivity (Wildman–Crippen MR) is 68.9 cm³/mol. The summed E-state index contributed by atoms with van der Waals surface area (Å²) in [6.07, 6.45) is 3.98. The molecule has 0 bridgehead atoms. The average molecular weight is 266 g/mol. The van der Waals surface area contributed by atoms with Gasteiger partial charge in [0.05, 0.1) is 6.07 Å². The highest BCUT2D eigenvalue weighted by Crippen LogP contribution is 2.37. The molecule has 1 heterocycles. The van der Waals surface area contributed by atoms with Gasteiger partial charge in [-0.1, -0.05) is 18.7 Å². The minimum absolute atomic E-state index is 0.364. The molecule has 2 rings (SSSR count). The molecule has 0 saturated heterocycles. The Hall–Kier alpha value is -1.13. The average Bonchev–Trinajstić information content (AvgIpc) is 2.76. The molecule has 2 atom stereocenters. The third kappa shape index (κ3) is 2.82. The molecule has 98 valence electrons. The van der Waals surface area contributed by atoms with Gasteiger partial charge in [0.2, 0.25) is 5.16 Å². The van der Waals surface area contributed by atoms with Crippen molar-refractivity contribution in [2.75, 3.05) is 6.54 Å². The summed E-state index contributed by atoms with van der Waals surface area (Å²) in [6.45, 7) is 2.87. The highest BCUT2D eigenvalue weighted by molar-refractivity contribution is 7.99. The van der Waals surface area contributed by atoms with E-state index in [1.165, 1.54) is 0 Å². The summed E-state index contributed by atoms with van der Waals surface area (Å²) in [5.74, 6) is 0. The van der Waals surface area contributed by atoms with E-state index >= 15 is 0 Å². The molecule has 1 aromatic heterocycles. The summed E-state index contributed by atoms with van der Waals surface area (Å²) < 4.78 is 1.68. The van der Waals surface area contributed by atoms with Crippen LogP contribution in [-0.2, 0) is 7.05 Å². The van der Waals surface area contributed by atoms with Gasteiger partial charge in [-0.2, -0.15) is 5.26 Å². The van der Waals surface area contributed by atoms with Crippen LogP contribution in [0.4, 0.5) is 0 Å². The Bertz CT molecular complexity index is 435. The molecule has 7 heteroatoms. The lowest BCUT2D eigenvalue weighted by molar-refractivity contribution is 0.309. The highest BCUT2D eigenvalue weighted by atomic mass is 32.2. The van der Waals surface area contributed by atoms with Crippen molar-refractivity contribution in [1.29, 1.82) is 5.26 Å². The molecule has 1 N–H and O–H groups in total. The Balaban J connectivity index is 2.03. The Morgan fingerprint density at radius 2 is 2.50 bits per heavy atom. The summed E-state index contributed by atoms with van der Waals surface area (Å²) in [5, 5.41) is 25.4. The lowest BCUT2D eigenvalue weighted by atomic mass is 9.82. The standard InChI is InChI=1S/C11H18N6S/c1-3-13-11(8-12)6-4-5-9(7-11)18-10-14-15-16-17(10)2/h9,13H,3-7H2,1-2H3. The Morgan fingerprint density at radius 3 is 3.11 bits per heavy atom. The molecule has 18 heavy (non-hydrogen) atoms. The first kappa shape index (κ1) is 13.3. The maximum Gasteiger partial charge on any atom is 0.209 e. The number of aromatic nitrogens is 4. The second-order valence-corrected chi connectivity index (χ2v) is 5.91. The van der Waals surface area contributed by atoms with Crippen LogP contribution in [0, 0.1) is 11.3 Å². The van der Waals surface area contributed by atoms with Gasteiger partial charge in [0.25, 0.3) is 0 Å². The number of thioether (sulfide) groups is 1. The minimum Gasteiger partial charge on any atom is -0.300 e. The molecule has 0 amide bonds. The van der Waals surface area contributed by atoms with Crippen molar-refractivity contribution in [2.45, 2.75) is 48.6 Å². The van der Waals surface area contributed by atoms with Gasteiger partial charge in [0.15, 0.2) is 0 Å². The zero-order valence-corrected chi connectivity index (χ0v) is 11.6. The molecule has 1 aromatic rings. The fourth-order valence-corrected chi connectivity index (χ4v) is 3.66. The molecule has 2 unspecified atom stereocenters. The fraction of sp³-hybridized carbons (Fsp3) is 0.818. The van der Waals surface area contributed by atoms with E-state index in [2.05, 4.69) is 26.9 Å². The van der Waals surface area contributed by atoms with E-state index in [-0.39, 0.29) is 5.54 Å². The molecule has 0 spiro atoms. The normalized spacial score (nSPS) is 27.9. The summed E-state index contributed by atoms with van der Waals surface area (Å²) in [5.41, 5.74) is -0.364. The number of nitriles is 1. The van der Waals surface area contributed by atoms with Crippen molar-refractivity contribution >= 4 is 11.8 Å². The van der Waals surface area contributed by atoms with Crippen molar-refractivity contribution < 1.29 is 0 Å². The number of nitrogens with zero attached hydrogens (tertiary/aromatic N) is 5. The van der Waals surface area contributed by atoms with Crippen molar-refractivity contribution in [3.05, 3.63) is 0 Å². The minimum atomic E-state index is -0.364. The lowest BCUT2D eigenvalue weighted by Gasteiger charge is -2.35. The van der Waals surface area contributed by atoms with Crippen LogP contribution >= 0.6 is 11.8 Å². The molecule has 6 nitrogen and oxygen atoms in total. The van der Waals surface area contributed by atoms with Gasteiger partial charge < -0.3 is 0 Å². The Morgan fingerprint density at radius 1 is 1.67 bits per heavy atom. The van der Waals surface area contributed by atoms with Crippen LogP contribution in [0.2, 0.25) is 0 Å². The molecule has 1 fully saturated rings. The monoisotopic (exact) mass is 266 g/mol. The summed E-state index contributed by atoms with van der Waals surface area (Å²) in [6, 6.07) is 2.46. The van der Waals surface area contributed by atoms with Crippen LogP contribution in [-0.4, -0.2) is 37.5 Å².